The van der Waals surface area contributed by atoms with Crippen LogP contribution in [0, 0.1) is 0 Å². The third-order valence-electron chi connectivity index (χ3n) is 5.47. The molecule has 1 aromatic carbocycles. The van der Waals surface area contributed by atoms with Gasteiger partial charge >= 0.3 is 5.97 Å². The first-order valence-electron chi connectivity index (χ1n) is 8.64. The van der Waals surface area contributed by atoms with E-state index in [1.807, 2.05) is 36.9 Å². The maximum Gasteiger partial charge on any atom is 0.313 e. The van der Waals surface area contributed by atoms with Gasteiger partial charge in [0.15, 0.2) is 0 Å². The number of fused-ring (bicyclic) bond motifs is 1. The summed E-state index contributed by atoms with van der Waals surface area (Å²) < 4.78 is 0. The number of hydrogen-bond acceptors (Lipinski definition) is 2. The van der Waals surface area contributed by atoms with Crippen molar-refractivity contribution in [3.05, 3.63) is 35.4 Å². The number of rotatable bonds is 2. The summed E-state index contributed by atoms with van der Waals surface area (Å²) in [7, 11) is 0. The van der Waals surface area contributed by atoms with Gasteiger partial charge in [0.1, 0.15) is 5.92 Å². The summed E-state index contributed by atoms with van der Waals surface area (Å²) >= 11 is 0. The average Bonchev–Trinajstić information content (AvgIpc) is 2.73. The Morgan fingerprint density at radius 3 is 2.35 bits per heavy atom. The Morgan fingerprint density at radius 1 is 1.17 bits per heavy atom. The molecular formula is C19H25NO3. The van der Waals surface area contributed by atoms with Crippen LogP contribution in [-0.2, 0) is 4.79 Å². The van der Waals surface area contributed by atoms with Crippen molar-refractivity contribution in [2.24, 2.45) is 0 Å². The van der Waals surface area contributed by atoms with Gasteiger partial charge in [-0.1, -0.05) is 43.9 Å². The van der Waals surface area contributed by atoms with Crippen LogP contribution >= 0.6 is 0 Å². The SMILES string of the molecule is CC(C)N1C(=O)c2ccccc2C(C(=O)O)C12CCCCCC2. The Labute approximate surface area is 137 Å². The molecule has 3 rings (SSSR count). The molecule has 1 unspecified atom stereocenters. The van der Waals surface area contributed by atoms with E-state index < -0.39 is 17.4 Å². The van der Waals surface area contributed by atoms with Crippen LogP contribution in [-0.4, -0.2) is 33.5 Å². The smallest absolute Gasteiger partial charge is 0.313 e. The van der Waals surface area contributed by atoms with Gasteiger partial charge in [-0.15, -0.1) is 0 Å². The number of nitrogens with zero attached hydrogens (tertiary/aromatic N) is 1. The normalized spacial score (nSPS) is 23.7. The van der Waals surface area contributed by atoms with Crippen LogP contribution in [0.4, 0.5) is 0 Å². The summed E-state index contributed by atoms with van der Waals surface area (Å²) in [6.45, 7) is 3.99. The molecule has 1 amide bonds. The summed E-state index contributed by atoms with van der Waals surface area (Å²) in [5.41, 5.74) is 0.675. The van der Waals surface area contributed by atoms with Crippen molar-refractivity contribution in [2.45, 2.75) is 69.9 Å². The van der Waals surface area contributed by atoms with Crippen LogP contribution < -0.4 is 0 Å². The van der Waals surface area contributed by atoms with E-state index in [9.17, 15) is 14.7 Å². The number of amides is 1. The minimum absolute atomic E-state index is 0.00388. The number of aliphatic carboxylic acids is 1. The maximum absolute atomic E-state index is 13.1. The Morgan fingerprint density at radius 2 is 1.78 bits per heavy atom. The lowest BCUT2D eigenvalue weighted by Crippen LogP contribution is -2.62. The zero-order valence-corrected chi connectivity index (χ0v) is 13.9. The predicted molar refractivity (Wildman–Crippen MR) is 88.6 cm³/mol. The minimum atomic E-state index is -0.808. The largest absolute Gasteiger partial charge is 0.481 e. The maximum atomic E-state index is 13.1. The topological polar surface area (TPSA) is 57.6 Å². The molecule has 1 aliphatic carbocycles. The quantitative estimate of drug-likeness (QED) is 0.903. The second-order valence-electron chi connectivity index (χ2n) is 7.15. The molecule has 23 heavy (non-hydrogen) atoms. The van der Waals surface area contributed by atoms with Crippen LogP contribution in [0.1, 0.15) is 74.2 Å². The molecule has 1 heterocycles. The van der Waals surface area contributed by atoms with Gasteiger partial charge in [-0.3, -0.25) is 9.59 Å². The van der Waals surface area contributed by atoms with Gasteiger partial charge in [0, 0.05) is 11.6 Å². The molecule has 1 atom stereocenters. The Bertz CT molecular complexity index is 615. The zero-order chi connectivity index (χ0) is 16.6. The van der Waals surface area contributed by atoms with Crippen molar-refractivity contribution in [3.63, 3.8) is 0 Å². The fourth-order valence-corrected chi connectivity index (χ4v) is 4.69. The molecule has 1 fully saturated rings. The van der Waals surface area contributed by atoms with Crippen molar-refractivity contribution in [1.82, 2.24) is 4.90 Å². The molecule has 0 bridgehead atoms. The van der Waals surface area contributed by atoms with Gasteiger partial charge in [0.2, 0.25) is 0 Å². The van der Waals surface area contributed by atoms with Crippen molar-refractivity contribution in [3.8, 4) is 0 Å². The number of carboxylic acids is 1. The van der Waals surface area contributed by atoms with Crippen LogP contribution in [0.25, 0.3) is 0 Å². The summed E-state index contributed by atoms with van der Waals surface area (Å²) in [5.74, 6) is -1.44. The Balaban J connectivity index is 2.24. The van der Waals surface area contributed by atoms with Crippen LogP contribution in [0.15, 0.2) is 24.3 Å². The van der Waals surface area contributed by atoms with Gasteiger partial charge in [0.25, 0.3) is 5.91 Å². The van der Waals surface area contributed by atoms with E-state index in [1.54, 1.807) is 6.07 Å². The van der Waals surface area contributed by atoms with Gasteiger partial charge in [0.05, 0.1) is 5.54 Å². The highest BCUT2D eigenvalue weighted by Gasteiger charge is 2.54. The molecule has 4 nitrogen and oxygen atoms in total. The second kappa shape index (κ2) is 5.99. The number of carbonyl (C=O) groups excluding carboxylic acids is 1. The minimum Gasteiger partial charge on any atom is -0.481 e. The van der Waals surface area contributed by atoms with E-state index in [0.29, 0.717) is 11.1 Å². The van der Waals surface area contributed by atoms with Crippen molar-refractivity contribution < 1.29 is 14.7 Å². The summed E-state index contributed by atoms with van der Waals surface area (Å²) in [6.07, 6.45) is 5.78. The fourth-order valence-electron chi connectivity index (χ4n) is 4.69. The summed E-state index contributed by atoms with van der Waals surface area (Å²) in [6, 6.07) is 7.26. The standard InChI is InChI=1S/C19H25NO3/c1-13(2)20-17(21)15-10-6-5-9-14(15)16(18(22)23)19(20)11-7-3-4-8-12-19/h5-6,9-10,13,16H,3-4,7-8,11-12H2,1-2H3,(H,22,23). The molecule has 1 N–H and O–H groups in total. The number of benzene rings is 1. The van der Waals surface area contributed by atoms with E-state index in [1.165, 1.54) is 0 Å². The molecule has 2 aliphatic rings. The number of carboxylic acid groups (broad SMARTS) is 1. The molecule has 0 aromatic heterocycles. The van der Waals surface area contributed by atoms with Crippen molar-refractivity contribution in [1.29, 1.82) is 0 Å². The molecule has 1 aromatic rings. The van der Waals surface area contributed by atoms with E-state index >= 15 is 0 Å². The third kappa shape index (κ3) is 2.44. The summed E-state index contributed by atoms with van der Waals surface area (Å²) in [5, 5.41) is 10.0. The van der Waals surface area contributed by atoms with E-state index in [0.717, 1.165) is 38.5 Å². The molecular weight excluding hydrogens is 290 g/mol. The van der Waals surface area contributed by atoms with E-state index in [2.05, 4.69) is 0 Å². The van der Waals surface area contributed by atoms with Gasteiger partial charge in [-0.05, 0) is 38.3 Å². The lowest BCUT2D eigenvalue weighted by molar-refractivity contribution is -0.144. The first-order chi connectivity index (χ1) is 11.0. The third-order valence-corrected chi connectivity index (χ3v) is 5.47. The first-order valence-corrected chi connectivity index (χ1v) is 8.64. The second-order valence-corrected chi connectivity index (χ2v) is 7.15. The molecule has 4 heteroatoms. The predicted octanol–water partition coefficient (Wildman–Crippen LogP) is 3.81. The first kappa shape index (κ1) is 16.0. The fraction of sp³-hybridized carbons (Fsp3) is 0.579. The van der Waals surface area contributed by atoms with Crippen LogP contribution in [0.3, 0.4) is 0 Å². The molecule has 1 spiro atoms. The highest BCUT2D eigenvalue weighted by atomic mass is 16.4. The molecule has 0 saturated heterocycles. The average molecular weight is 315 g/mol. The van der Waals surface area contributed by atoms with Crippen molar-refractivity contribution >= 4 is 11.9 Å². The van der Waals surface area contributed by atoms with Gasteiger partial charge < -0.3 is 10.0 Å². The Hall–Kier alpha value is -1.84. The van der Waals surface area contributed by atoms with E-state index in [-0.39, 0.29) is 11.9 Å². The lowest BCUT2D eigenvalue weighted by Gasteiger charge is -2.53. The van der Waals surface area contributed by atoms with Crippen LogP contribution in [0.2, 0.25) is 0 Å². The molecule has 124 valence electrons. The zero-order valence-electron chi connectivity index (χ0n) is 13.9. The van der Waals surface area contributed by atoms with Crippen LogP contribution in [0.5, 0.6) is 0 Å². The molecule has 1 saturated carbocycles. The molecule has 0 radical (unpaired) electrons. The van der Waals surface area contributed by atoms with Gasteiger partial charge in [-0.25, -0.2) is 0 Å². The lowest BCUT2D eigenvalue weighted by atomic mass is 9.68. The number of carbonyl (C=O) groups is 2. The van der Waals surface area contributed by atoms with Gasteiger partial charge in [-0.2, -0.15) is 0 Å². The highest BCUT2D eigenvalue weighted by molar-refractivity contribution is 6.01. The number of hydrogen-bond donors (Lipinski definition) is 1. The summed E-state index contributed by atoms with van der Waals surface area (Å²) in [4.78, 5) is 27.3. The Kier molecular flexibility index (Phi) is 4.17. The molecule has 1 aliphatic heterocycles. The van der Waals surface area contributed by atoms with Crippen molar-refractivity contribution in [2.75, 3.05) is 0 Å². The van der Waals surface area contributed by atoms with E-state index in [4.69, 9.17) is 0 Å². The monoisotopic (exact) mass is 315 g/mol. The highest BCUT2D eigenvalue weighted by Crippen LogP contribution is 2.49.